The van der Waals surface area contributed by atoms with E-state index in [-0.39, 0.29) is 29.3 Å². The molecule has 4 nitrogen and oxygen atoms in total. The van der Waals surface area contributed by atoms with Gasteiger partial charge in [0, 0.05) is 18.9 Å². The van der Waals surface area contributed by atoms with Crippen LogP contribution in [-0.4, -0.2) is 41.4 Å². The molecule has 166 valence electrons. The maximum atomic E-state index is 13.1. The summed E-state index contributed by atoms with van der Waals surface area (Å²) < 4.78 is 5.30. The molecule has 0 aromatic heterocycles. The summed E-state index contributed by atoms with van der Waals surface area (Å²) in [4.78, 5) is 13.1. The smallest absolute Gasteiger partial charge is 0.159 e. The van der Waals surface area contributed by atoms with Gasteiger partial charge in [-0.3, -0.25) is 4.79 Å². The molecule has 2 fully saturated rings. The lowest BCUT2D eigenvalue weighted by atomic mass is 9.58. The van der Waals surface area contributed by atoms with Gasteiger partial charge in [0.1, 0.15) is 0 Å². The third-order valence-electron chi connectivity index (χ3n) is 8.80. The quantitative estimate of drug-likeness (QED) is 0.671. The molecule has 4 aliphatic rings. The summed E-state index contributed by atoms with van der Waals surface area (Å²) in [5, 5.41) is 20.7. The Morgan fingerprint density at radius 1 is 1.33 bits per heavy atom. The fourth-order valence-electron chi connectivity index (χ4n) is 6.95. The monoisotopic (exact) mass is 414 g/mol. The van der Waals surface area contributed by atoms with Crippen molar-refractivity contribution < 1.29 is 19.7 Å². The number of aliphatic hydroxyl groups excluding tert-OH is 2. The third kappa shape index (κ3) is 3.76. The topological polar surface area (TPSA) is 66.8 Å². The second kappa shape index (κ2) is 8.37. The van der Waals surface area contributed by atoms with E-state index in [1.807, 2.05) is 19.1 Å². The fraction of sp³-hybridized carbons (Fsp3) is 0.731. The number of allylic oxidation sites excluding steroid dienone is 4. The van der Waals surface area contributed by atoms with Crippen LogP contribution in [0.3, 0.4) is 0 Å². The van der Waals surface area contributed by atoms with Crippen LogP contribution < -0.4 is 0 Å². The van der Waals surface area contributed by atoms with Gasteiger partial charge in [-0.05, 0) is 82.1 Å². The molecule has 0 aliphatic heterocycles. The Morgan fingerprint density at radius 3 is 2.83 bits per heavy atom. The Bertz CT molecular complexity index is 778. The average molecular weight is 415 g/mol. The van der Waals surface area contributed by atoms with Crippen molar-refractivity contribution in [2.45, 2.75) is 84.0 Å². The highest BCUT2D eigenvalue weighted by Gasteiger charge is 2.53. The van der Waals surface area contributed by atoms with Crippen molar-refractivity contribution in [2.75, 3.05) is 7.11 Å². The van der Waals surface area contributed by atoms with Crippen LogP contribution in [0.4, 0.5) is 0 Å². The Hall–Kier alpha value is -1.23. The SMILES string of the molecule is COC(C)C(O)C=C(C)C1CCC2C3=CC(=O)C4CC(=CCC(O)C4)C3CCC12C. The normalized spacial score (nSPS) is 41.1. The molecule has 0 radical (unpaired) electrons. The molecule has 2 bridgehead atoms. The van der Waals surface area contributed by atoms with Gasteiger partial charge in [-0.15, -0.1) is 0 Å². The lowest BCUT2D eigenvalue weighted by Crippen LogP contribution is -2.38. The van der Waals surface area contributed by atoms with E-state index >= 15 is 0 Å². The minimum absolute atomic E-state index is 0.0531. The Morgan fingerprint density at radius 2 is 2.10 bits per heavy atom. The molecule has 4 rings (SSSR count). The number of ether oxygens (including phenoxy) is 1. The molecule has 4 heteroatoms. The zero-order chi connectivity index (χ0) is 21.6. The van der Waals surface area contributed by atoms with Gasteiger partial charge in [-0.2, -0.15) is 0 Å². The maximum Gasteiger partial charge on any atom is 0.159 e. The highest BCUT2D eigenvalue weighted by atomic mass is 16.5. The van der Waals surface area contributed by atoms with Gasteiger partial charge in [0.25, 0.3) is 0 Å². The predicted molar refractivity (Wildman–Crippen MR) is 118 cm³/mol. The van der Waals surface area contributed by atoms with E-state index in [4.69, 9.17) is 4.74 Å². The molecule has 2 N–H and O–H groups in total. The van der Waals surface area contributed by atoms with Crippen LogP contribution in [0.5, 0.6) is 0 Å². The van der Waals surface area contributed by atoms with Gasteiger partial charge in [0.2, 0.25) is 0 Å². The first-order valence-electron chi connectivity index (χ1n) is 11.8. The van der Waals surface area contributed by atoms with Gasteiger partial charge < -0.3 is 14.9 Å². The van der Waals surface area contributed by atoms with Crippen molar-refractivity contribution >= 4 is 5.78 Å². The highest BCUT2D eigenvalue weighted by molar-refractivity contribution is 5.93. The number of ketones is 1. The summed E-state index contributed by atoms with van der Waals surface area (Å²) in [6.07, 6.45) is 11.6. The third-order valence-corrected chi connectivity index (χ3v) is 8.80. The number of rotatable bonds is 4. The predicted octanol–water partition coefficient (Wildman–Crippen LogP) is 4.37. The fourth-order valence-corrected chi connectivity index (χ4v) is 6.95. The van der Waals surface area contributed by atoms with E-state index < -0.39 is 6.10 Å². The molecule has 0 aromatic rings. The molecule has 0 saturated heterocycles. The Balaban J connectivity index is 1.63. The van der Waals surface area contributed by atoms with Crippen LogP contribution in [0.25, 0.3) is 0 Å². The summed E-state index contributed by atoms with van der Waals surface area (Å²) in [6.45, 7) is 6.46. The molecule has 4 aliphatic carbocycles. The van der Waals surface area contributed by atoms with Crippen molar-refractivity contribution in [1.82, 2.24) is 0 Å². The van der Waals surface area contributed by atoms with E-state index in [9.17, 15) is 15.0 Å². The average Bonchev–Trinajstić information content (AvgIpc) is 2.86. The van der Waals surface area contributed by atoms with E-state index in [2.05, 4.69) is 19.9 Å². The largest absolute Gasteiger partial charge is 0.393 e. The molecular formula is C26H38O4. The van der Waals surface area contributed by atoms with Crippen LogP contribution in [0.2, 0.25) is 0 Å². The Labute approximate surface area is 181 Å². The number of aliphatic hydroxyl groups is 2. The van der Waals surface area contributed by atoms with Gasteiger partial charge in [0.15, 0.2) is 5.78 Å². The zero-order valence-corrected chi connectivity index (χ0v) is 18.9. The molecule has 30 heavy (non-hydrogen) atoms. The number of carbonyl (C=O) groups is 1. The lowest BCUT2D eigenvalue weighted by molar-refractivity contribution is -0.119. The van der Waals surface area contributed by atoms with Crippen molar-refractivity contribution in [3.63, 3.8) is 0 Å². The molecule has 2 saturated carbocycles. The van der Waals surface area contributed by atoms with Crippen LogP contribution in [0, 0.1) is 29.1 Å². The first kappa shape index (κ1) is 22.0. The molecule has 0 amide bonds. The standard InChI is InChI=1S/C26H38O4/c1-15(11-24(28)16(2)30-4)22-7-8-23-21-14-25(29)18-12-17(5-6-19(27)13-18)20(21)9-10-26(22,23)3/h5,11,14,16,18-20,22-24,27-28H,6-10,12-13H2,1-4H3. The van der Waals surface area contributed by atoms with Crippen LogP contribution in [0.1, 0.15) is 65.7 Å². The van der Waals surface area contributed by atoms with Crippen molar-refractivity contribution in [2.24, 2.45) is 29.1 Å². The summed E-state index contributed by atoms with van der Waals surface area (Å²) in [5.41, 5.74) is 4.15. The second-order valence-corrected chi connectivity index (χ2v) is 10.5. The van der Waals surface area contributed by atoms with Crippen LogP contribution in [0.15, 0.2) is 34.9 Å². The molecule has 0 aromatic carbocycles. The summed E-state index contributed by atoms with van der Waals surface area (Å²) in [7, 11) is 1.63. The van der Waals surface area contributed by atoms with Gasteiger partial charge in [-0.1, -0.05) is 35.8 Å². The number of methoxy groups -OCH3 is 1. The van der Waals surface area contributed by atoms with Gasteiger partial charge in [0.05, 0.1) is 18.3 Å². The molecule has 8 unspecified atom stereocenters. The first-order valence-corrected chi connectivity index (χ1v) is 11.8. The molecule has 8 atom stereocenters. The number of fused-ring (bicyclic) bond motifs is 6. The minimum Gasteiger partial charge on any atom is -0.393 e. The minimum atomic E-state index is -0.591. The first-order chi connectivity index (χ1) is 14.2. The molecule has 0 spiro atoms. The van der Waals surface area contributed by atoms with Crippen molar-refractivity contribution in [1.29, 1.82) is 0 Å². The van der Waals surface area contributed by atoms with Gasteiger partial charge >= 0.3 is 0 Å². The van der Waals surface area contributed by atoms with E-state index in [1.54, 1.807) is 7.11 Å². The number of hydrogen-bond acceptors (Lipinski definition) is 4. The van der Waals surface area contributed by atoms with E-state index in [1.165, 1.54) is 16.7 Å². The van der Waals surface area contributed by atoms with E-state index in [0.29, 0.717) is 30.6 Å². The number of carbonyl (C=O) groups excluding carboxylic acids is 1. The maximum absolute atomic E-state index is 13.1. The van der Waals surface area contributed by atoms with Gasteiger partial charge in [-0.25, -0.2) is 0 Å². The highest BCUT2D eigenvalue weighted by Crippen LogP contribution is 2.62. The zero-order valence-electron chi connectivity index (χ0n) is 18.9. The molecular weight excluding hydrogens is 376 g/mol. The Kier molecular flexibility index (Phi) is 6.13. The summed E-state index contributed by atoms with van der Waals surface area (Å²) >= 11 is 0. The van der Waals surface area contributed by atoms with Crippen LogP contribution >= 0.6 is 0 Å². The van der Waals surface area contributed by atoms with Crippen LogP contribution in [-0.2, 0) is 9.53 Å². The van der Waals surface area contributed by atoms with Crippen molar-refractivity contribution in [3.8, 4) is 0 Å². The number of hydrogen-bond donors (Lipinski definition) is 2. The second-order valence-electron chi connectivity index (χ2n) is 10.5. The summed E-state index contributed by atoms with van der Waals surface area (Å²) in [5.74, 6) is 1.41. The van der Waals surface area contributed by atoms with Crippen molar-refractivity contribution in [3.05, 3.63) is 34.9 Å². The molecule has 0 heterocycles. The lowest BCUT2D eigenvalue weighted by Gasteiger charge is -2.46. The van der Waals surface area contributed by atoms with E-state index in [0.717, 1.165) is 32.1 Å². The summed E-state index contributed by atoms with van der Waals surface area (Å²) in [6, 6.07) is 0.